The molecule has 0 bridgehead atoms. The van der Waals surface area contributed by atoms with E-state index >= 15 is 0 Å². The summed E-state index contributed by atoms with van der Waals surface area (Å²) in [6, 6.07) is 6.50. The van der Waals surface area contributed by atoms with Crippen molar-refractivity contribution in [3.05, 3.63) is 29.6 Å². The third-order valence-electron chi connectivity index (χ3n) is 3.10. The van der Waals surface area contributed by atoms with E-state index in [-0.39, 0.29) is 0 Å². The Balaban J connectivity index is 2.62. The van der Waals surface area contributed by atoms with Crippen LogP contribution in [0.4, 0.5) is 0 Å². The summed E-state index contributed by atoms with van der Waals surface area (Å²) in [7, 11) is 0. The maximum absolute atomic E-state index is 8.85. The van der Waals surface area contributed by atoms with Crippen molar-refractivity contribution >= 4 is 0 Å². The molecule has 1 rings (SSSR count). The largest absolute Gasteiger partial charge is 0.297 e. The fourth-order valence-corrected chi connectivity index (χ4v) is 1.95. The van der Waals surface area contributed by atoms with E-state index in [0.29, 0.717) is 11.7 Å². The summed E-state index contributed by atoms with van der Waals surface area (Å²) in [4.78, 5) is 6.46. The minimum absolute atomic E-state index is 0.504. The van der Waals surface area contributed by atoms with Crippen LogP contribution in [-0.2, 0) is 6.54 Å². The zero-order valence-electron chi connectivity index (χ0n) is 11.7. The first kappa shape index (κ1) is 14.7. The molecule has 1 aromatic heterocycles. The van der Waals surface area contributed by atoms with Crippen LogP contribution in [0, 0.1) is 11.3 Å². The lowest BCUT2D eigenvalue weighted by atomic mass is 10.1. The van der Waals surface area contributed by atoms with E-state index in [4.69, 9.17) is 5.26 Å². The van der Waals surface area contributed by atoms with Crippen molar-refractivity contribution in [3.8, 4) is 6.07 Å². The number of nitrogens with zero attached hydrogens (tertiary/aromatic N) is 3. The lowest BCUT2D eigenvalue weighted by Gasteiger charge is -2.26. The molecule has 0 aliphatic carbocycles. The number of nitriles is 1. The number of unbranched alkanes of at least 4 members (excludes halogenated alkanes) is 2. The van der Waals surface area contributed by atoms with E-state index in [1.54, 1.807) is 6.20 Å². The van der Waals surface area contributed by atoms with Crippen molar-refractivity contribution in [2.75, 3.05) is 6.54 Å². The summed E-state index contributed by atoms with van der Waals surface area (Å²) in [6.45, 7) is 8.69. The van der Waals surface area contributed by atoms with Gasteiger partial charge in [0.1, 0.15) is 11.8 Å². The van der Waals surface area contributed by atoms with Crippen LogP contribution in [0.1, 0.15) is 51.3 Å². The van der Waals surface area contributed by atoms with Crippen molar-refractivity contribution in [1.29, 1.82) is 5.26 Å². The second-order valence-electron chi connectivity index (χ2n) is 4.93. The van der Waals surface area contributed by atoms with Crippen LogP contribution in [0.3, 0.4) is 0 Å². The highest BCUT2D eigenvalue weighted by molar-refractivity contribution is 5.25. The van der Waals surface area contributed by atoms with Gasteiger partial charge in [-0.2, -0.15) is 5.26 Å². The Kier molecular flexibility index (Phi) is 6.38. The van der Waals surface area contributed by atoms with Crippen LogP contribution in [-0.4, -0.2) is 22.5 Å². The van der Waals surface area contributed by atoms with Gasteiger partial charge in [-0.3, -0.25) is 4.90 Å². The molecule has 0 spiro atoms. The van der Waals surface area contributed by atoms with E-state index in [2.05, 4.69) is 36.7 Å². The van der Waals surface area contributed by atoms with Crippen molar-refractivity contribution in [2.24, 2.45) is 0 Å². The van der Waals surface area contributed by atoms with Gasteiger partial charge in [-0.1, -0.05) is 19.8 Å². The van der Waals surface area contributed by atoms with E-state index in [1.165, 1.54) is 24.8 Å². The first-order valence-corrected chi connectivity index (χ1v) is 6.76. The maximum Gasteiger partial charge on any atom is 0.140 e. The molecular formula is C15H23N3. The van der Waals surface area contributed by atoms with Gasteiger partial charge >= 0.3 is 0 Å². The van der Waals surface area contributed by atoms with Crippen molar-refractivity contribution in [3.63, 3.8) is 0 Å². The molecule has 0 amide bonds. The summed E-state index contributed by atoms with van der Waals surface area (Å²) >= 11 is 0. The van der Waals surface area contributed by atoms with Crippen molar-refractivity contribution in [1.82, 2.24) is 9.88 Å². The maximum atomic E-state index is 8.85. The van der Waals surface area contributed by atoms with Gasteiger partial charge in [0.2, 0.25) is 0 Å². The monoisotopic (exact) mass is 245 g/mol. The molecule has 0 saturated carbocycles. The smallest absolute Gasteiger partial charge is 0.140 e. The molecule has 3 nitrogen and oxygen atoms in total. The molecule has 0 fully saturated rings. The zero-order valence-corrected chi connectivity index (χ0v) is 11.7. The molecule has 0 saturated heterocycles. The Bertz CT molecular complexity index is 393. The normalized spacial score (nSPS) is 10.9. The first-order chi connectivity index (χ1) is 8.67. The summed E-state index contributed by atoms with van der Waals surface area (Å²) in [5.74, 6) is 0. The Hall–Kier alpha value is -1.40. The molecule has 0 N–H and O–H groups in total. The minimum atomic E-state index is 0.504. The highest BCUT2D eigenvalue weighted by atomic mass is 15.1. The summed E-state index contributed by atoms with van der Waals surface area (Å²) in [5.41, 5.74) is 1.68. The number of hydrogen-bond donors (Lipinski definition) is 0. The lowest BCUT2D eigenvalue weighted by molar-refractivity contribution is 0.208. The van der Waals surface area contributed by atoms with E-state index in [9.17, 15) is 0 Å². The molecule has 0 aliphatic heterocycles. The fraction of sp³-hybridized carbons (Fsp3) is 0.600. The number of aromatic nitrogens is 1. The number of hydrogen-bond acceptors (Lipinski definition) is 3. The first-order valence-electron chi connectivity index (χ1n) is 6.76. The van der Waals surface area contributed by atoms with Gasteiger partial charge in [-0.15, -0.1) is 0 Å². The van der Waals surface area contributed by atoms with Gasteiger partial charge in [-0.25, -0.2) is 4.98 Å². The third kappa shape index (κ3) is 4.85. The molecule has 1 aromatic rings. The zero-order chi connectivity index (χ0) is 13.4. The quantitative estimate of drug-likeness (QED) is 0.692. The molecule has 0 atom stereocenters. The fourth-order valence-electron chi connectivity index (χ4n) is 1.95. The van der Waals surface area contributed by atoms with Crippen LogP contribution in [0.5, 0.6) is 0 Å². The predicted molar refractivity (Wildman–Crippen MR) is 74.0 cm³/mol. The second-order valence-corrected chi connectivity index (χ2v) is 4.93. The lowest BCUT2D eigenvalue weighted by Crippen LogP contribution is -2.31. The van der Waals surface area contributed by atoms with E-state index < -0.39 is 0 Å². The molecule has 3 heteroatoms. The van der Waals surface area contributed by atoms with E-state index in [0.717, 1.165) is 13.1 Å². The highest BCUT2D eigenvalue weighted by Crippen LogP contribution is 2.10. The Morgan fingerprint density at radius 2 is 2.17 bits per heavy atom. The average molecular weight is 245 g/mol. The number of rotatable bonds is 7. The van der Waals surface area contributed by atoms with Gasteiger partial charge in [-0.05, 0) is 44.5 Å². The van der Waals surface area contributed by atoms with Crippen LogP contribution in [0.2, 0.25) is 0 Å². The van der Waals surface area contributed by atoms with Gasteiger partial charge < -0.3 is 0 Å². The predicted octanol–water partition coefficient (Wildman–Crippen LogP) is 3.35. The SMILES string of the molecule is CCCCCN(Cc1ccnc(C#N)c1)C(C)C. The van der Waals surface area contributed by atoms with Crippen molar-refractivity contribution < 1.29 is 0 Å². The summed E-state index contributed by atoms with van der Waals surface area (Å²) in [6.07, 6.45) is 5.49. The average Bonchev–Trinajstić information content (AvgIpc) is 2.38. The van der Waals surface area contributed by atoms with Crippen molar-refractivity contribution in [2.45, 2.75) is 52.6 Å². The summed E-state index contributed by atoms with van der Waals surface area (Å²) < 4.78 is 0. The van der Waals surface area contributed by atoms with Crippen LogP contribution in [0.15, 0.2) is 18.3 Å². The standard InChI is InChI=1S/C15H23N3/c1-4-5-6-9-18(13(2)3)12-14-7-8-17-15(10-14)11-16/h7-8,10,13H,4-6,9,12H2,1-3H3. The Morgan fingerprint density at radius 1 is 1.39 bits per heavy atom. The Morgan fingerprint density at radius 3 is 2.78 bits per heavy atom. The van der Waals surface area contributed by atoms with Gasteiger partial charge in [0, 0.05) is 18.8 Å². The van der Waals surface area contributed by atoms with E-state index in [1.807, 2.05) is 12.1 Å². The van der Waals surface area contributed by atoms with Crippen LogP contribution >= 0.6 is 0 Å². The molecular weight excluding hydrogens is 222 g/mol. The highest BCUT2D eigenvalue weighted by Gasteiger charge is 2.10. The van der Waals surface area contributed by atoms with Gasteiger partial charge in [0.25, 0.3) is 0 Å². The van der Waals surface area contributed by atoms with Crippen LogP contribution < -0.4 is 0 Å². The third-order valence-corrected chi connectivity index (χ3v) is 3.10. The molecule has 18 heavy (non-hydrogen) atoms. The molecule has 1 heterocycles. The molecule has 0 aliphatic rings. The second kappa shape index (κ2) is 7.84. The molecule has 98 valence electrons. The minimum Gasteiger partial charge on any atom is -0.297 e. The molecule has 0 unspecified atom stereocenters. The number of pyridine rings is 1. The summed E-state index contributed by atoms with van der Waals surface area (Å²) in [5, 5.41) is 8.85. The molecule has 0 aromatic carbocycles. The topological polar surface area (TPSA) is 39.9 Å². The van der Waals surface area contributed by atoms with Crippen LogP contribution in [0.25, 0.3) is 0 Å². The molecule has 0 radical (unpaired) electrons. The van der Waals surface area contributed by atoms with Gasteiger partial charge in [0.05, 0.1) is 0 Å². The van der Waals surface area contributed by atoms with Gasteiger partial charge in [0.15, 0.2) is 0 Å². The Labute approximate surface area is 110 Å².